The topological polar surface area (TPSA) is 78.9 Å². The maximum absolute atomic E-state index is 14.7. The molecule has 2 bridgehead atoms. The lowest BCUT2D eigenvalue weighted by molar-refractivity contribution is -0.190. The molecular weight excluding hydrogens is 693 g/mol. The number of ether oxygens (including phenoxy) is 3. The molecule has 3 aromatic carbocycles. The van der Waals surface area contributed by atoms with Crippen molar-refractivity contribution in [1.29, 1.82) is 0 Å². The van der Waals surface area contributed by atoms with Crippen LogP contribution < -0.4 is 4.74 Å². The highest BCUT2D eigenvalue weighted by atomic mass is 19.4. The number of carbonyl (C=O) groups is 3. The lowest BCUT2D eigenvalue weighted by Gasteiger charge is -2.52. The molecule has 0 aliphatic heterocycles. The summed E-state index contributed by atoms with van der Waals surface area (Å²) in [6, 6.07) is 17.7. The van der Waals surface area contributed by atoms with Crippen molar-refractivity contribution in [1.82, 2.24) is 0 Å². The van der Waals surface area contributed by atoms with Crippen molar-refractivity contribution in [3.05, 3.63) is 54.6 Å². The number of fused-ring (bicyclic) bond motifs is 4. The Kier molecular flexibility index (Phi) is 9.91. The molecule has 4 aliphatic rings. The van der Waals surface area contributed by atoms with Crippen LogP contribution in [-0.4, -0.2) is 36.8 Å². The summed E-state index contributed by atoms with van der Waals surface area (Å²) in [6.07, 6.45) is 4.45. The Labute approximate surface area is 316 Å². The van der Waals surface area contributed by atoms with Crippen molar-refractivity contribution in [2.75, 3.05) is 6.61 Å². The third kappa shape index (κ3) is 7.25. The Balaban J connectivity index is 1.12. The normalized spacial score (nSPS) is 28.3. The lowest BCUT2D eigenvalue weighted by Crippen LogP contribution is -2.48. The summed E-state index contributed by atoms with van der Waals surface area (Å²) in [4.78, 5) is 42.1. The van der Waals surface area contributed by atoms with Gasteiger partial charge in [-0.3, -0.25) is 14.4 Å². The smallest absolute Gasteiger partial charge is 0.394 e. The molecule has 4 fully saturated rings. The molecule has 54 heavy (non-hydrogen) atoms. The van der Waals surface area contributed by atoms with Gasteiger partial charge in [-0.2, -0.15) is 13.2 Å². The van der Waals surface area contributed by atoms with E-state index in [0.717, 1.165) is 53.6 Å². The van der Waals surface area contributed by atoms with Crippen molar-refractivity contribution in [2.45, 2.75) is 118 Å². The molecule has 0 radical (unpaired) electrons. The van der Waals surface area contributed by atoms with Crippen LogP contribution in [0.25, 0.3) is 21.5 Å². The minimum Gasteiger partial charge on any atom is -0.465 e. The number of esters is 3. The van der Waals surface area contributed by atoms with Gasteiger partial charge in [0.05, 0.1) is 22.2 Å². The molecule has 4 aliphatic carbocycles. The highest BCUT2D eigenvalue weighted by Gasteiger charge is 2.66. The predicted molar refractivity (Wildman–Crippen MR) is 201 cm³/mol. The number of alkyl halides is 3. The highest BCUT2D eigenvalue weighted by molar-refractivity contribution is 5.99. The monoisotopic (exact) mass is 748 g/mol. The zero-order valence-electron chi connectivity index (χ0n) is 32.5. The molecule has 0 amide bonds. The van der Waals surface area contributed by atoms with Crippen LogP contribution in [0.2, 0.25) is 0 Å². The number of hydrogen-bond acceptors (Lipinski definition) is 6. The van der Waals surface area contributed by atoms with Crippen LogP contribution in [0, 0.1) is 51.2 Å². The van der Waals surface area contributed by atoms with Crippen LogP contribution in [0.4, 0.5) is 13.2 Å². The maximum atomic E-state index is 14.7. The van der Waals surface area contributed by atoms with Crippen molar-refractivity contribution in [3.63, 3.8) is 0 Å². The van der Waals surface area contributed by atoms with Gasteiger partial charge in [-0.15, -0.1) is 0 Å². The first-order valence-electron chi connectivity index (χ1n) is 19.9. The zero-order valence-corrected chi connectivity index (χ0v) is 32.5. The van der Waals surface area contributed by atoms with Crippen LogP contribution in [0.3, 0.4) is 0 Å². The van der Waals surface area contributed by atoms with E-state index in [1.165, 1.54) is 32.1 Å². The third-order valence-electron chi connectivity index (χ3n) is 13.7. The van der Waals surface area contributed by atoms with Crippen molar-refractivity contribution >= 4 is 39.5 Å². The lowest BCUT2D eigenvalue weighted by atomic mass is 9.54. The van der Waals surface area contributed by atoms with E-state index in [4.69, 9.17) is 14.2 Å². The number of carbonyl (C=O) groups excluding carboxylic acids is 3. The van der Waals surface area contributed by atoms with Gasteiger partial charge in [-0.25, -0.2) is 0 Å². The van der Waals surface area contributed by atoms with Gasteiger partial charge in [0.25, 0.3) is 0 Å². The van der Waals surface area contributed by atoms with Gasteiger partial charge in [-0.1, -0.05) is 62.9 Å². The second-order valence-electron chi connectivity index (χ2n) is 19.0. The quantitative estimate of drug-likeness (QED) is 0.110. The Hall–Kier alpha value is -3.62. The minimum atomic E-state index is -4.51. The van der Waals surface area contributed by atoms with E-state index >= 15 is 0 Å². The van der Waals surface area contributed by atoms with E-state index in [0.29, 0.717) is 23.5 Å². The van der Waals surface area contributed by atoms with E-state index in [1.54, 1.807) is 40.7 Å². The number of halogens is 3. The van der Waals surface area contributed by atoms with E-state index < -0.39 is 52.9 Å². The summed E-state index contributed by atoms with van der Waals surface area (Å²) in [7, 11) is 0. The van der Waals surface area contributed by atoms with Crippen molar-refractivity contribution in [2.24, 2.45) is 51.2 Å². The molecule has 292 valence electrons. The molecule has 0 aromatic heterocycles. The molecule has 8 atom stereocenters. The number of hydrogen-bond donors (Lipinski definition) is 0. The van der Waals surface area contributed by atoms with E-state index in [9.17, 15) is 27.6 Å². The Bertz CT molecular complexity index is 1930. The van der Waals surface area contributed by atoms with Crippen LogP contribution in [-0.2, 0) is 23.9 Å². The average Bonchev–Trinajstić information content (AvgIpc) is 3.62. The van der Waals surface area contributed by atoms with Crippen molar-refractivity contribution < 1.29 is 41.8 Å². The van der Waals surface area contributed by atoms with Gasteiger partial charge in [0.15, 0.2) is 0 Å². The molecule has 3 aromatic rings. The van der Waals surface area contributed by atoms with Crippen molar-refractivity contribution in [3.8, 4) is 5.75 Å². The first kappa shape index (κ1) is 38.6. The summed E-state index contributed by atoms with van der Waals surface area (Å²) >= 11 is 0. The Morgan fingerprint density at radius 3 is 2.07 bits per heavy atom. The molecule has 6 nitrogen and oxygen atoms in total. The van der Waals surface area contributed by atoms with E-state index in [2.05, 4.69) is 12.1 Å². The zero-order chi connectivity index (χ0) is 38.8. The molecule has 8 unspecified atom stereocenters. The Morgan fingerprint density at radius 1 is 0.759 bits per heavy atom. The summed E-state index contributed by atoms with van der Waals surface area (Å²) in [6.45, 7) is 8.46. The Morgan fingerprint density at radius 2 is 1.39 bits per heavy atom. The predicted octanol–water partition coefficient (Wildman–Crippen LogP) is 11.0. The molecule has 0 saturated heterocycles. The number of benzene rings is 3. The molecule has 4 saturated carbocycles. The molecule has 7 rings (SSSR count). The third-order valence-corrected chi connectivity index (χ3v) is 13.7. The second kappa shape index (κ2) is 13.8. The van der Waals surface area contributed by atoms with E-state index in [-0.39, 0.29) is 24.4 Å². The first-order valence-corrected chi connectivity index (χ1v) is 19.9. The molecule has 0 heterocycles. The largest absolute Gasteiger partial charge is 0.465 e. The standard InChI is InChI=1S/C45H55F3O6/c1-27(45(46,47)48)24-52-38(49)41(2,3)25-43(6,40(51)54-36-23-44-18-10-14-28-13-9-15-34(37(28)44)35(36)22-44)26-42(4,5)39(50)53-33-17-16-31-19-29-11-7-8-12-30(29)20-32(31)21-33/h7-8,11-12,16-17,19-21,27-28,34-37H,9-10,13-15,18,22-26H2,1-6H3. The van der Waals surface area contributed by atoms with Gasteiger partial charge >= 0.3 is 24.1 Å². The highest BCUT2D eigenvalue weighted by Crippen LogP contribution is 2.70. The van der Waals surface area contributed by atoms with Gasteiger partial charge in [0, 0.05) is 0 Å². The van der Waals surface area contributed by atoms with E-state index in [1.807, 2.05) is 36.4 Å². The molecular formula is C45H55F3O6. The van der Waals surface area contributed by atoms with Crippen LogP contribution in [0.1, 0.15) is 106 Å². The van der Waals surface area contributed by atoms with Crippen LogP contribution in [0.5, 0.6) is 5.75 Å². The fraction of sp³-hybridized carbons (Fsp3) is 0.622. The molecule has 9 heteroatoms. The second-order valence-corrected chi connectivity index (χ2v) is 19.0. The fourth-order valence-electron chi connectivity index (χ4n) is 11.5. The minimum absolute atomic E-state index is 0.0117. The van der Waals surface area contributed by atoms with Gasteiger partial charge in [-0.05, 0) is 148 Å². The number of rotatable bonds is 11. The fourth-order valence-corrected chi connectivity index (χ4v) is 11.5. The summed E-state index contributed by atoms with van der Waals surface area (Å²) in [5, 5.41) is 4.09. The van der Waals surface area contributed by atoms with Crippen LogP contribution >= 0.6 is 0 Å². The van der Waals surface area contributed by atoms with Gasteiger partial charge in [0.2, 0.25) is 0 Å². The first-order chi connectivity index (χ1) is 25.3. The molecule has 1 spiro atoms. The van der Waals surface area contributed by atoms with Gasteiger partial charge in [0.1, 0.15) is 18.5 Å². The SMILES string of the molecule is CC(COC(=O)C(C)(C)CC(C)(CC(C)(C)C(=O)Oc1ccc2cc3ccccc3cc2c1)C(=O)OC1CC23CCCC4CCCC(C1C2)C43)C(F)(F)F. The van der Waals surface area contributed by atoms with Crippen LogP contribution in [0.15, 0.2) is 54.6 Å². The maximum Gasteiger partial charge on any atom is 0.394 e. The van der Waals surface area contributed by atoms with Gasteiger partial charge < -0.3 is 14.2 Å². The average molecular weight is 749 g/mol. The summed E-state index contributed by atoms with van der Waals surface area (Å²) < 4.78 is 57.6. The summed E-state index contributed by atoms with van der Waals surface area (Å²) in [5.41, 5.74) is -3.73. The molecule has 0 N–H and O–H groups in total. The summed E-state index contributed by atoms with van der Waals surface area (Å²) in [5.74, 6) is -1.000.